The molecule has 0 atom stereocenters. The molecular formula is C17H23N3O. The van der Waals surface area contributed by atoms with Gasteiger partial charge in [0.2, 0.25) is 5.91 Å². The van der Waals surface area contributed by atoms with E-state index in [0.29, 0.717) is 12.6 Å². The maximum absolute atomic E-state index is 12.1. The van der Waals surface area contributed by atoms with E-state index in [1.807, 2.05) is 17.8 Å². The predicted molar refractivity (Wildman–Crippen MR) is 85.1 cm³/mol. The summed E-state index contributed by atoms with van der Waals surface area (Å²) < 4.78 is 2.03. The molecule has 112 valence electrons. The third-order valence-corrected chi connectivity index (χ3v) is 4.25. The van der Waals surface area contributed by atoms with E-state index in [-0.39, 0.29) is 5.91 Å². The van der Waals surface area contributed by atoms with Gasteiger partial charge in [0.25, 0.3) is 0 Å². The maximum atomic E-state index is 12.1. The first-order chi connectivity index (χ1) is 10.3. The van der Waals surface area contributed by atoms with Crippen molar-refractivity contribution in [2.45, 2.75) is 44.8 Å². The average molecular weight is 285 g/mol. The second-order valence-electron chi connectivity index (χ2n) is 5.92. The molecule has 0 spiro atoms. The maximum Gasteiger partial charge on any atom is 0.240 e. The summed E-state index contributed by atoms with van der Waals surface area (Å²) in [5.74, 6) is 0.124. The summed E-state index contributed by atoms with van der Waals surface area (Å²) in [7, 11) is 1.95. The quantitative estimate of drug-likeness (QED) is 0.886. The average Bonchev–Trinajstić information content (AvgIpc) is 3.09. The molecule has 0 aliphatic heterocycles. The van der Waals surface area contributed by atoms with E-state index in [1.54, 1.807) is 0 Å². The number of nitrogens with one attached hydrogen (secondary N) is 2. The van der Waals surface area contributed by atoms with E-state index in [1.165, 1.54) is 23.8 Å². The fourth-order valence-corrected chi connectivity index (χ4v) is 3.20. The lowest BCUT2D eigenvalue weighted by Gasteiger charge is -2.13. The molecule has 2 N–H and O–H groups in total. The van der Waals surface area contributed by atoms with Crippen molar-refractivity contribution in [3.63, 3.8) is 0 Å². The van der Waals surface area contributed by atoms with Crippen LogP contribution < -0.4 is 10.6 Å². The van der Waals surface area contributed by atoms with E-state index in [9.17, 15) is 4.79 Å². The summed E-state index contributed by atoms with van der Waals surface area (Å²) in [6.07, 6.45) is 6.75. The van der Waals surface area contributed by atoms with Gasteiger partial charge in [0, 0.05) is 24.3 Å². The largest absolute Gasteiger partial charge is 0.352 e. The Morgan fingerprint density at radius 3 is 2.86 bits per heavy atom. The van der Waals surface area contributed by atoms with Crippen LogP contribution in [0.3, 0.4) is 0 Å². The second-order valence-corrected chi connectivity index (χ2v) is 5.92. The van der Waals surface area contributed by atoms with Crippen LogP contribution in [0.15, 0.2) is 30.5 Å². The lowest BCUT2D eigenvalue weighted by Crippen LogP contribution is -2.35. The van der Waals surface area contributed by atoms with Crippen molar-refractivity contribution in [1.82, 2.24) is 15.2 Å². The SMILES string of the molecule is CNCc1ccc2c(ccn2CC(=O)NC2CCCC2)c1. The first-order valence-electron chi connectivity index (χ1n) is 7.78. The van der Waals surface area contributed by atoms with Crippen molar-refractivity contribution in [1.29, 1.82) is 0 Å². The molecule has 4 nitrogen and oxygen atoms in total. The minimum absolute atomic E-state index is 0.124. The molecule has 0 unspecified atom stereocenters. The zero-order valence-corrected chi connectivity index (χ0v) is 12.6. The van der Waals surface area contributed by atoms with Gasteiger partial charge in [-0.2, -0.15) is 0 Å². The summed E-state index contributed by atoms with van der Waals surface area (Å²) in [5, 5.41) is 7.49. The third kappa shape index (κ3) is 3.27. The fraction of sp³-hybridized carbons (Fsp3) is 0.471. The Kier molecular flexibility index (Phi) is 4.25. The Bertz CT molecular complexity index is 626. The van der Waals surface area contributed by atoms with Crippen molar-refractivity contribution in [2.75, 3.05) is 7.05 Å². The van der Waals surface area contributed by atoms with Crippen LogP contribution >= 0.6 is 0 Å². The topological polar surface area (TPSA) is 46.1 Å². The zero-order chi connectivity index (χ0) is 14.7. The van der Waals surface area contributed by atoms with Gasteiger partial charge < -0.3 is 15.2 Å². The van der Waals surface area contributed by atoms with Gasteiger partial charge in [0.05, 0.1) is 0 Å². The van der Waals surface area contributed by atoms with E-state index >= 15 is 0 Å². The van der Waals surface area contributed by atoms with Crippen LogP contribution in [-0.2, 0) is 17.9 Å². The normalized spacial score (nSPS) is 15.7. The first kappa shape index (κ1) is 14.1. The van der Waals surface area contributed by atoms with Gasteiger partial charge in [-0.05, 0) is 49.0 Å². The highest BCUT2D eigenvalue weighted by Crippen LogP contribution is 2.19. The van der Waals surface area contributed by atoms with Crippen molar-refractivity contribution in [3.05, 3.63) is 36.0 Å². The Morgan fingerprint density at radius 1 is 1.29 bits per heavy atom. The third-order valence-electron chi connectivity index (χ3n) is 4.25. The van der Waals surface area contributed by atoms with Gasteiger partial charge in [-0.1, -0.05) is 18.9 Å². The van der Waals surface area contributed by atoms with E-state index in [4.69, 9.17) is 0 Å². The van der Waals surface area contributed by atoms with Crippen LogP contribution in [-0.4, -0.2) is 23.6 Å². The van der Waals surface area contributed by atoms with Crippen molar-refractivity contribution in [2.24, 2.45) is 0 Å². The molecule has 1 aromatic carbocycles. The van der Waals surface area contributed by atoms with Crippen molar-refractivity contribution < 1.29 is 4.79 Å². The molecular weight excluding hydrogens is 262 g/mol. The molecule has 1 aromatic heterocycles. The van der Waals surface area contributed by atoms with Crippen LogP contribution in [0.2, 0.25) is 0 Å². The highest BCUT2D eigenvalue weighted by atomic mass is 16.2. The molecule has 1 heterocycles. The predicted octanol–water partition coefficient (Wildman–Crippen LogP) is 2.42. The Labute approximate surface area is 125 Å². The molecule has 0 saturated heterocycles. The number of rotatable bonds is 5. The first-order valence-corrected chi connectivity index (χ1v) is 7.78. The second kappa shape index (κ2) is 6.31. The molecule has 1 aliphatic carbocycles. The van der Waals surface area contributed by atoms with Gasteiger partial charge in [-0.25, -0.2) is 0 Å². The molecule has 1 fully saturated rings. The molecule has 1 saturated carbocycles. The number of benzene rings is 1. The molecule has 1 amide bonds. The smallest absolute Gasteiger partial charge is 0.240 e. The highest BCUT2D eigenvalue weighted by Gasteiger charge is 2.17. The number of carbonyl (C=O) groups is 1. The van der Waals surface area contributed by atoms with Crippen LogP contribution in [0, 0.1) is 0 Å². The Balaban J connectivity index is 1.70. The number of fused-ring (bicyclic) bond motifs is 1. The van der Waals surface area contributed by atoms with Gasteiger partial charge in [0.1, 0.15) is 6.54 Å². The van der Waals surface area contributed by atoms with Crippen LogP contribution in [0.1, 0.15) is 31.2 Å². The molecule has 0 bridgehead atoms. The van der Waals surface area contributed by atoms with Gasteiger partial charge in [-0.15, -0.1) is 0 Å². The van der Waals surface area contributed by atoms with Crippen LogP contribution in [0.4, 0.5) is 0 Å². The summed E-state index contributed by atoms with van der Waals surface area (Å²) in [6.45, 7) is 1.27. The Morgan fingerprint density at radius 2 is 2.10 bits per heavy atom. The van der Waals surface area contributed by atoms with Crippen molar-refractivity contribution in [3.8, 4) is 0 Å². The fourth-order valence-electron chi connectivity index (χ4n) is 3.20. The number of aromatic nitrogens is 1. The van der Waals surface area contributed by atoms with Crippen molar-refractivity contribution >= 4 is 16.8 Å². The highest BCUT2D eigenvalue weighted by molar-refractivity contribution is 5.84. The molecule has 21 heavy (non-hydrogen) atoms. The standard InChI is InChI=1S/C17H23N3O/c1-18-11-13-6-7-16-14(10-13)8-9-20(16)12-17(21)19-15-4-2-3-5-15/h6-10,15,18H,2-5,11-12H2,1H3,(H,19,21). The minimum Gasteiger partial charge on any atom is -0.352 e. The lowest BCUT2D eigenvalue weighted by molar-refractivity contribution is -0.122. The van der Waals surface area contributed by atoms with Gasteiger partial charge in [0.15, 0.2) is 0 Å². The van der Waals surface area contributed by atoms with E-state index in [0.717, 1.165) is 24.9 Å². The monoisotopic (exact) mass is 285 g/mol. The number of hydrogen-bond donors (Lipinski definition) is 2. The van der Waals surface area contributed by atoms with E-state index in [2.05, 4.69) is 34.9 Å². The summed E-state index contributed by atoms with van der Waals surface area (Å²) in [6, 6.07) is 8.87. The number of amides is 1. The van der Waals surface area contributed by atoms with Crippen LogP contribution in [0.25, 0.3) is 10.9 Å². The van der Waals surface area contributed by atoms with Crippen LogP contribution in [0.5, 0.6) is 0 Å². The number of carbonyl (C=O) groups excluding carboxylic acids is 1. The lowest BCUT2D eigenvalue weighted by atomic mass is 10.1. The molecule has 1 aliphatic rings. The van der Waals surface area contributed by atoms with Gasteiger partial charge in [-0.3, -0.25) is 4.79 Å². The zero-order valence-electron chi connectivity index (χ0n) is 12.6. The molecule has 4 heteroatoms. The number of hydrogen-bond acceptors (Lipinski definition) is 2. The summed E-state index contributed by atoms with van der Waals surface area (Å²) in [4.78, 5) is 12.1. The molecule has 3 rings (SSSR count). The van der Waals surface area contributed by atoms with E-state index < -0.39 is 0 Å². The van der Waals surface area contributed by atoms with Gasteiger partial charge >= 0.3 is 0 Å². The summed E-state index contributed by atoms with van der Waals surface area (Å²) >= 11 is 0. The number of nitrogens with zero attached hydrogens (tertiary/aromatic N) is 1. The Hall–Kier alpha value is -1.81. The minimum atomic E-state index is 0.124. The molecule has 0 radical (unpaired) electrons. The molecule has 2 aromatic rings. The summed E-state index contributed by atoms with van der Waals surface area (Å²) in [5.41, 5.74) is 2.38.